The maximum absolute atomic E-state index is 5.60. The third-order valence-electron chi connectivity index (χ3n) is 2.08. The lowest BCUT2D eigenvalue weighted by atomic mass is 10.2. The van der Waals surface area contributed by atoms with Gasteiger partial charge in [-0.05, 0) is 31.1 Å². The molecular weight excluding hydrogens is 192 g/mol. The fraction of sp³-hybridized carbons (Fsp3) is 0.364. The summed E-state index contributed by atoms with van der Waals surface area (Å²) >= 11 is 0. The molecule has 15 heavy (non-hydrogen) atoms. The first-order valence-corrected chi connectivity index (χ1v) is 4.91. The number of nitrogens with zero attached hydrogens (tertiary/aromatic N) is 1. The molecule has 2 rings (SSSR count). The lowest BCUT2D eigenvalue weighted by Gasteiger charge is -2.04. The number of fused-ring (bicyclic) bond motifs is 1. The van der Waals surface area contributed by atoms with Gasteiger partial charge in [0.05, 0.1) is 5.39 Å². The lowest BCUT2D eigenvalue weighted by molar-refractivity contribution is 0.268. The Labute approximate surface area is 88.0 Å². The van der Waals surface area contributed by atoms with Crippen molar-refractivity contribution in [2.75, 3.05) is 6.61 Å². The molecule has 1 unspecified atom stereocenters. The van der Waals surface area contributed by atoms with Gasteiger partial charge in [0.15, 0.2) is 5.58 Å². The minimum Gasteiger partial charge on any atom is -0.473 e. The summed E-state index contributed by atoms with van der Waals surface area (Å²) in [5.41, 5.74) is 7.49. The highest BCUT2D eigenvalue weighted by Crippen LogP contribution is 2.25. The third kappa shape index (κ3) is 2.10. The Hall–Kier alpha value is -1.55. The smallest absolute Gasteiger partial charge is 0.262 e. The van der Waals surface area contributed by atoms with Crippen LogP contribution in [0.3, 0.4) is 0 Å². The Morgan fingerprint density at radius 3 is 3.07 bits per heavy atom. The maximum Gasteiger partial charge on any atom is 0.262 e. The normalized spacial score (nSPS) is 13.0. The van der Waals surface area contributed by atoms with Crippen molar-refractivity contribution in [3.05, 3.63) is 23.8 Å². The van der Waals surface area contributed by atoms with E-state index in [1.807, 2.05) is 32.0 Å². The summed E-state index contributed by atoms with van der Waals surface area (Å²) in [7, 11) is 0. The molecule has 4 heteroatoms. The quantitative estimate of drug-likeness (QED) is 0.832. The molecule has 0 aliphatic rings. The summed E-state index contributed by atoms with van der Waals surface area (Å²) < 4.78 is 10.6. The van der Waals surface area contributed by atoms with E-state index in [0.29, 0.717) is 12.5 Å². The Balaban J connectivity index is 2.31. The van der Waals surface area contributed by atoms with Gasteiger partial charge in [-0.15, -0.1) is 0 Å². The number of hydrogen-bond donors (Lipinski definition) is 1. The number of hydrogen-bond acceptors (Lipinski definition) is 4. The van der Waals surface area contributed by atoms with Crippen molar-refractivity contribution in [3.8, 4) is 5.88 Å². The van der Waals surface area contributed by atoms with E-state index in [0.717, 1.165) is 16.5 Å². The van der Waals surface area contributed by atoms with Gasteiger partial charge in [0.25, 0.3) is 5.88 Å². The Bertz CT molecular complexity index is 463. The van der Waals surface area contributed by atoms with Crippen LogP contribution in [0.2, 0.25) is 0 Å². The molecule has 1 aromatic heterocycles. The molecule has 1 aromatic carbocycles. The average Bonchev–Trinajstić information content (AvgIpc) is 2.57. The SMILES string of the molecule is Cc1ccc2onc(OCC(C)N)c2c1. The van der Waals surface area contributed by atoms with E-state index < -0.39 is 0 Å². The summed E-state index contributed by atoms with van der Waals surface area (Å²) in [5.74, 6) is 0.519. The maximum atomic E-state index is 5.60. The van der Waals surface area contributed by atoms with E-state index in [1.54, 1.807) is 0 Å². The minimum absolute atomic E-state index is 0.0124. The van der Waals surface area contributed by atoms with Gasteiger partial charge < -0.3 is 15.0 Å². The van der Waals surface area contributed by atoms with E-state index in [9.17, 15) is 0 Å². The molecule has 0 aliphatic carbocycles. The molecule has 2 N–H and O–H groups in total. The van der Waals surface area contributed by atoms with Crippen LogP contribution in [0.5, 0.6) is 5.88 Å². The molecule has 2 aromatic rings. The summed E-state index contributed by atoms with van der Waals surface area (Å²) in [6.45, 7) is 4.34. The van der Waals surface area contributed by atoms with Crippen LogP contribution in [0, 0.1) is 6.92 Å². The zero-order chi connectivity index (χ0) is 10.8. The Kier molecular flexibility index (Phi) is 2.60. The van der Waals surface area contributed by atoms with Gasteiger partial charge >= 0.3 is 0 Å². The summed E-state index contributed by atoms with van der Waals surface area (Å²) in [4.78, 5) is 0. The zero-order valence-corrected chi connectivity index (χ0v) is 8.86. The molecule has 0 bridgehead atoms. The predicted molar refractivity (Wildman–Crippen MR) is 57.9 cm³/mol. The molecule has 80 valence electrons. The van der Waals surface area contributed by atoms with Crippen molar-refractivity contribution in [1.29, 1.82) is 0 Å². The zero-order valence-electron chi connectivity index (χ0n) is 8.86. The van der Waals surface area contributed by atoms with Gasteiger partial charge in [-0.1, -0.05) is 11.6 Å². The van der Waals surface area contributed by atoms with Gasteiger partial charge in [-0.3, -0.25) is 0 Å². The van der Waals surface area contributed by atoms with E-state index in [2.05, 4.69) is 5.16 Å². The van der Waals surface area contributed by atoms with Crippen LogP contribution in [0.1, 0.15) is 12.5 Å². The summed E-state index contributed by atoms with van der Waals surface area (Å²) in [6, 6.07) is 5.84. The fourth-order valence-corrected chi connectivity index (χ4v) is 1.34. The molecule has 0 radical (unpaired) electrons. The molecule has 1 heterocycles. The van der Waals surface area contributed by atoms with E-state index in [4.69, 9.17) is 15.0 Å². The topological polar surface area (TPSA) is 61.3 Å². The molecule has 0 saturated heterocycles. The van der Waals surface area contributed by atoms with Crippen LogP contribution in [0.25, 0.3) is 11.0 Å². The molecule has 0 saturated carbocycles. The minimum atomic E-state index is -0.0124. The largest absolute Gasteiger partial charge is 0.473 e. The van der Waals surface area contributed by atoms with Crippen LogP contribution in [0.15, 0.2) is 22.7 Å². The highest BCUT2D eigenvalue weighted by molar-refractivity contribution is 5.82. The summed E-state index contributed by atoms with van der Waals surface area (Å²) in [5, 5.41) is 4.75. The molecular formula is C11H14N2O2. The third-order valence-corrected chi connectivity index (χ3v) is 2.08. The highest BCUT2D eigenvalue weighted by atomic mass is 16.5. The van der Waals surface area contributed by atoms with Crippen LogP contribution in [-0.2, 0) is 0 Å². The Morgan fingerprint density at radius 1 is 1.53 bits per heavy atom. The molecule has 4 nitrogen and oxygen atoms in total. The molecule has 1 atom stereocenters. The van der Waals surface area contributed by atoms with Crippen LogP contribution < -0.4 is 10.5 Å². The number of rotatable bonds is 3. The van der Waals surface area contributed by atoms with Crippen molar-refractivity contribution in [1.82, 2.24) is 5.16 Å². The Morgan fingerprint density at radius 2 is 2.33 bits per heavy atom. The number of benzene rings is 1. The van der Waals surface area contributed by atoms with Gasteiger partial charge in [0.2, 0.25) is 0 Å². The lowest BCUT2D eigenvalue weighted by Crippen LogP contribution is -2.23. The molecule has 0 spiro atoms. The van der Waals surface area contributed by atoms with E-state index in [-0.39, 0.29) is 6.04 Å². The first-order chi connectivity index (χ1) is 7.16. The van der Waals surface area contributed by atoms with Gasteiger partial charge in [0.1, 0.15) is 6.61 Å². The molecule has 0 aliphatic heterocycles. The first kappa shape index (κ1) is 9.98. The van der Waals surface area contributed by atoms with Gasteiger partial charge in [0, 0.05) is 6.04 Å². The van der Waals surface area contributed by atoms with Crippen molar-refractivity contribution < 1.29 is 9.26 Å². The van der Waals surface area contributed by atoms with Crippen molar-refractivity contribution in [2.24, 2.45) is 5.73 Å². The first-order valence-electron chi connectivity index (χ1n) is 4.91. The van der Waals surface area contributed by atoms with E-state index in [1.165, 1.54) is 0 Å². The van der Waals surface area contributed by atoms with Crippen LogP contribution in [0.4, 0.5) is 0 Å². The summed E-state index contributed by atoms with van der Waals surface area (Å²) in [6.07, 6.45) is 0. The second-order valence-corrected chi connectivity index (χ2v) is 3.78. The number of aryl methyl sites for hydroxylation is 1. The predicted octanol–water partition coefficient (Wildman–Crippen LogP) is 1.86. The number of ether oxygens (including phenoxy) is 1. The number of nitrogens with two attached hydrogens (primary N) is 1. The second kappa shape index (κ2) is 3.90. The van der Waals surface area contributed by atoms with Crippen LogP contribution in [-0.4, -0.2) is 17.8 Å². The van der Waals surface area contributed by atoms with Crippen LogP contribution >= 0.6 is 0 Å². The highest BCUT2D eigenvalue weighted by Gasteiger charge is 2.09. The molecule has 0 fully saturated rings. The average molecular weight is 206 g/mol. The second-order valence-electron chi connectivity index (χ2n) is 3.78. The fourth-order valence-electron chi connectivity index (χ4n) is 1.34. The number of aromatic nitrogens is 1. The van der Waals surface area contributed by atoms with Crippen molar-refractivity contribution >= 4 is 11.0 Å². The van der Waals surface area contributed by atoms with Gasteiger partial charge in [-0.2, -0.15) is 0 Å². The standard InChI is InChI=1S/C11H14N2O2/c1-7-3-4-10-9(5-7)11(13-15-10)14-6-8(2)12/h3-5,8H,6,12H2,1-2H3. The van der Waals surface area contributed by atoms with Crippen molar-refractivity contribution in [3.63, 3.8) is 0 Å². The monoisotopic (exact) mass is 206 g/mol. The van der Waals surface area contributed by atoms with Gasteiger partial charge in [-0.25, -0.2) is 0 Å². The van der Waals surface area contributed by atoms with E-state index >= 15 is 0 Å². The molecule has 0 amide bonds. The van der Waals surface area contributed by atoms with Crippen molar-refractivity contribution in [2.45, 2.75) is 19.9 Å².